The number of phenols is 1. The summed E-state index contributed by atoms with van der Waals surface area (Å²) in [4.78, 5) is 0. The summed E-state index contributed by atoms with van der Waals surface area (Å²) >= 11 is 0. The number of aromatic hydroxyl groups is 1. The number of fused-ring (bicyclic) bond motifs is 2. The van der Waals surface area contributed by atoms with Gasteiger partial charge in [0.15, 0.2) is 0 Å². The fourth-order valence-electron chi connectivity index (χ4n) is 2.23. The van der Waals surface area contributed by atoms with Crippen molar-refractivity contribution in [3.05, 3.63) is 35.9 Å². The lowest BCUT2D eigenvalue weighted by Gasteiger charge is -2.18. The molecule has 76 valence electrons. The molecule has 0 atom stereocenters. The third kappa shape index (κ3) is 1.33. The van der Waals surface area contributed by atoms with Crippen molar-refractivity contribution >= 4 is 16.5 Å². The van der Waals surface area contributed by atoms with E-state index in [1.54, 1.807) is 6.07 Å². The van der Waals surface area contributed by atoms with Crippen LogP contribution in [0.1, 0.15) is 12.0 Å². The van der Waals surface area contributed by atoms with Crippen molar-refractivity contribution in [2.75, 3.05) is 11.9 Å². The van der Waals surface area contributed by atoms with Gasteiger partial charge in [0.2, 0.25) is 0 Å². The highest BCUT2D eigenvalue weighted by molar-refractivity contribution is 5.92. The molecule has 0 fully saturated rings. The molecule has 0 bridgehead atoms. The van der Waals surface area contributed by atoms with Gasteiger partial charge in [0.25, 0.3) is 0 Å². The Kier molecular flexibility index (Phi) is 1.81. The lowest BCUT2D eigenvalue weighted by Crippen LogP contribution is -2.11. The summed E-state index contributed by atoms with van der Waals surface area (Å²) in [6.45, 7) is 1.05. The van der Waals surface area contributed by atoms with E-state index in [4.69, 9.17) is 0 Å². The van der Waals surface area contributed by atoms with Crippen LogP contribution in [-0.4, -0.2) is 11.7 Å². The van der Waals surface area contributed by atoms with Crippen LogP contribution in [0, 0.1) is 0 Å². The summed E-state index contributed by atoms with van der Waals surface area (Å²) in [5.74, 6) is 0.376. The van der Waals surface area contributed by atoms with Crippen molar-refractivity contribution in [2.24, 2.45) is 0 Å². The second-order valence-corrected chi connectivity index (χ2v) is 4.04. The molecule has 1 aliphatic heterocycles. The Morgan fingerprint density at radius 1 is 1.20 bits per heavy atom. The molecule has 0 saturated heterocycles. The molecule has 2 aromatic rings. The van der Waals surface area contributed by atoms with E-state index >= 15 is 0 Å². The highest BCUT2D eigenvalue weighted by atomic mass is 16.3. The van der Waals surface area contributed by atoms with Gasteiger partial charge in [-0.15, -0.1) is 0 Å². The van der Waals surface area contributed by atoms with E-state index in [0.29, 0.717) is 5.75 Å². The largest absolute Gasteiger partial charge is 0.507 e. The summed E-state index contributed by atoms with van der Waals surface area (Å²) in [5, 5.41) is 15.2. The van der Waals surface area contributed by atoms with Gasteiger partial charge in [-0.05, 0) is 42.0 Å². The van der Waals surface area contributed by atoms with E-state index in [2.05, 4.69) is 17.4 Å². The molecule has 1 aliphatic rings. The first-order valence-electron chi connectivity index (χ1n) is 5.33. The van der Waals surface area contributed by atoms with E-state index in [-0.39, 0.29) is 0 Å². The Morgan fingerprint density at radius 2 is 2.13 bits per heavy atom. The van der Waals surface area contributed by atoms with E-state index in [1.165, 1.54) is 17.7 Å². The zero-order valence-electron chi connectivity index (χ0n) is 8.46. The van der Waals surface area contributed by atoms with Gasteiger partial charge >= 0.3 is 0 Å². The number of aryl methyl sites for hydroxylation is 1. The quantitative estimate of drug-likeness (QED) is 0.683. The molecule has 0 aromatic heterocycles. The zero-order chi connectivity index (χ0) is 10.3. The summed E-state index contributed by atoms with van der Waals surface area (Å²) in [5.41, 5.74) is 2.54. The molecular weight excluding hydrogens is 186 g/mol. The predicted octanol–water partition coefficient (Wildman–Crippen LogP) is 2.90. The number of nitrogens with one attached hydrogen (secondary N) is 1. The van der Waals surface area contributed by atoms with Crippen LogP contribution in [0.3, 0.4) is 0 Å². The van der Waals surface area contributed by atoms with Gasteiger partial charge in [-0.3, -0.25) is 0 Å². The van der Waals surface area contributed by atoms with Crippen LogP contribution in [-0.2, 0) is 6.42 Å². The molecule has 2 N–H and O–H groups in total. The van der Waals surface area contributed by atoms with Gasteiger partial charge in [-0.25, -0.2) is 0 Å². The van der Waals surface area contributed by atoms with Crippen molar-refractivity contribution in [3.8, 4) is 5.75 Å². The number of anilines is 1. The third-order valence-electron chi connectivity index (χ3n) is 3.02. The minimum atomic E-state index is 0.376. The van der Waals surface area contributed by atoms with Crippen LogP contribution >= 0.6 is 0 Å². The second kappa shape index (κ2) is 3.16. The molecular formula is C13H13NO. The minimum absolute atomic E-state index is 0.376. The van der Waals surface area contributed by atoms with E-state index in [0.717, 1.165) is 23.7 Å². The number of rotatable bonds is 0. The minimum Gasteiger partial charge on any atom is -0.507 e. The monoisotopic (exact) mass is 199 g/mol. The lowest BCUT2D eigenvalue weighted by atomic mass is 9.98. The summed E-state index contributed by atoms with van der Waals surface area (Å²) in [6, 6.07) is 9.89. The maximum absolute atomic E-state index is 9.75. The van der Waals surface area contributed by atoms with Gasteiger partial charge in [-0.1, -0.05) is 12.1 Å². The van der Waals surface area contributed by atoms with Gasteiger partial charge < -0.3 is 10.4 Å². The molecule has 0 saturated carbocycles. The molecule has 0 spiro atoms. The summed E-state index contributed by atoms with van der Waals surface area (Å²) in [7, 11) is 0. The van der Waals surface area contributed by atoms with E-state index in [9.17, 15) is 5.11 Å². The maximum Gasteiger partial charge on any atom is 0.123 e. The fourth-order valence-corrected chi connectivity index (χ4v) is 2.23. The van der Waals surface area contributed by atoms with Gasteiger partial charge in [0.1, 0.15) is 5.75 Å². The first kappa shape index (κ1) is 8.60. The summed E-state index contributed by atoms with van der Waals surface area (Å²) < 4.78 is 0. The lowest BCUT2D eigenvalue weighted by molar-refractivity contribution is 0.481. The standard InChI is InChI=1S/C13H13NO/c15-13-5-1-3-9-8-12-10(7-11(9)13)4-2-6-14-12/h1,3,5,7-8,14-15H,2,4,6H2. The Hall–Kier alpha value is -1.70. The van der Waals surface area contributed by atoms with Crippen molar-refractivity contribution in [2.45, 2.75) is 12.8 Å². The van der Waals surface area contributed by atoms with Crippen LogP contribution in [0.4, 0.5) is 5.69 Å². The second-order valence-electron chi connectivity index (χ2n) is 4.04. The van der Waals surface area contributed by atoms with Crippen molar-refractivity contribution < 1.29 is 5.11 Å². The Bertz CT molecular complexity index is 519. The normalized spacial score (nSPS) is 14.7. The first-order valence-corrected chi connectivity index (χ1v) is 5.33. The molecule has 0 aliphatic carbocycles. The maximum atomic E-state index is 9.75. The topological polar surface area (TPSA) is 32.3 Å². The van der Waals surface area contributed by atoms with Crippen molar-refractivity contribution in [1.82, 2.24) is 0 Å². The number of hydrogen-bond donors (Lipinski definition) is 2. The molecule has 0 unspecified atom stereocenters. The Balaban J connectivity index is 2.31. The van der Waals surface area contributed by atoms with Gasteiger partial charge in [0.05, 0.1) is 0 Å². The molecule has 15 heavy (non-hydrogen) atoms. The van der Waals surface area contributed by atoms with Crippen LogP contribution in [0.5, 0.6) is 5.75 Å². The first-order chi connectivity index (χ1) is 7.34. The number of benzene rings is 2. The zero-order valence-corrected chi connectivity index (χ0v) is 8.46. The van der Waals surface area contributed by atoms with Crippen LogP contribution < -0.4 is 5.32 Å². The van der Waals surface area contributed by atoms with Crippen molar-refractivity contribution in [1.29, 1.82) is 0 Å². The van der Waals surface area contributed by atoms with Crippen LogP contribution in [0.2, 0.25) is 0 Å². The van der Waals surface area contributed by atoms with Crippen molar-refractivity contribution in [3.63, 3.8) is 0 Å². The summed E-state index contributed by atoms with van der Waals surface area (Å²) in [6.07, 6.45) is 2.28. The molecule has 2 aromatic carbocycles. The van der Waals surface area contributed by atoms with Crippen LogP contribution in [0.15, 0.2) is 30.3 Å². The van der Waals surface area contributed by atoms with E-state index in [1.807, 2.05) is 12.1 Å². The molecule has 3 rings (SSSR count). The highest BCUT2D eigenvalue weighted by Gasteiger charge is 2.10. The Morgan fingerprint density at radius 3 is 3.07 bits per heavy atom. The highest BCUT2D eigenvalue weighted by Crippen LogP contribution is 2.31. The SMILES string of the molecule is Oc1cccc2cc3c(cc12)CCCN3. The van der Waals surface area contributed by atoms with Gasteiger partial charge in [0, 0.05) is 17.6 Å². The van der Waals surface area contributed by atoms with Gasteiger partial charge in [-0.2, -0.15) is 0 Å². The molecule has 0 amide bonds. The van der Waals surface area contributed by atoms with Crippen LogP contribution in [0.25, 0.3) is 10.8 Å². The fraction of sp³-hybridized carbons (Fsp3) is 0.231. The molecule has 2 nitrogen and oxygen atoms in total. The van der Waals surface area contributed by atoms with E-state index < -0.39 is 0 Å². The molecule has 2 heteroatoms. The predicted molar refractivity (Wildman–Crippen MR) is 62.4 cm³/mol. The number of hydrogen-bond acceptors (Lipinski definition) is 2. The average Bonchev–Trinajstić information content (AvgIpc) is 2.27. The Labute approximate surface area is 88.5 Å². The number of phenolic OH excluding ortho intramolecular Hbond substituents is 1. The molecule has 0 radical (unpaired) electrons. The average molecular weight is 199 g/mol. The molecule has 1 heterocycles. The smallest absolute Gasteiger partial charge is 0.123 e. The third-order valence-corrected chi connectivity index (χ3v) is 3.02.